The number of halogens is 3. The van der Waals surface area contributed by atoms with Gasteiger partial charge in [0, 0.05) is 36.7 Å². The molecular formula is C22H20F3N3O. The van der Waals surface area contributed by atoms with Crippen LogP contribution < -0.4 is 0 Å². The predicted octanol–water partition coefficient (Wildman–Crippen LogP) is 4.78. The number of hydrogen-bond donors (Lipinski definition) is 1. The molecule has 1 amide bonds. The number of carbonyl (C=O) groups excluding carboxylic acids is 1. The Labute approximate surface area is 166 Å². The highest BCUT2D eigenvalue weighted by atomic mass is 19.4. The maximum absolute atomic E-state index is 13.2. The third kappa shape index (κ3) is 3.77. The summed E-state index contributed by atoms with van der Waals surface area (Å²) in [6, 6.07) is 14.6. The van der Waals surface area contributed by atoms with Crippen molar-refractivity contribution in [2.75, 3.05) is 6.54 Å². The van der Waals surface area contributed by atoms with Crippen molar-refractivity contribution in [1.29, 1.82) is 0 Å². The Morgan fingerprint density at radius 1 is 1.17 bits per heavy atom. The number of carbonyl (C=O) groups is 1. The number of amides is 1. The maximum atomic E-state index is 13.2. The van der Waals surface area contributed by atoms with Crippen molar-refractivity contribution in [1.82, 2.24) is 15.1 Å². The van der Waals surface area contributed by atoms with Crippen LogP contribution in [-0.4, -0.2) is 27.5 Å². The molecule has 0 fully saturated rings. The molecule has 1 atom stereocenters. The minimum Gasteiger partial charge on any atom is -0.335 e. The van der Waals surface area contributed by atoms with E-state index in [9.17, 15) is 18.0 Å². The molecule has 1 aromatic heterocycles. The zero-order chi connectivity index (χ0) is 20.6. The number of H-pyrrole nitrogens is 1. The molecule has 0 spiro atoms. The van der Waals surface area contributed by atoms with Crippen LogP contribution in [0, 0.1) is 0 Å². The van der Waals surface area contributed by atoms with Gasteiger partial charge in [0.05, 0.1) is 17.3 Å². The highest BCUT2D eigenvalue weighted by Crippen LogP contribution is 2.39. The second kappa shape index (κ2) is 7.39. The van der Waals surface area contributed by atoms with Gasteiger partial charge in [-0.15, -0.1) is 0 Å². The first-order valence-corrected chi connectivity index (χ1v) is 9.40. The highest BCUT2D eigenvalue weighted by molar-refractivity contribution is 5.76. The number of benzene rings is 2. The molecule has 150 valence electrons. The minimum atomic E-state index is -4.43. The van der Waals surface area contributed by atoms with Crippen molar-refractivity contribution < 1.29 is 18.0 Å². The quantitative estimate of drug-likeness (QED) is 0.689. The number of nitrogens with one attached hydrogen (secondary N) is 1. The predicted molar refractivity (Wildman–Crippen MR) is 103 cm³/mol. The van der Waals surface area contributed by atoms with Crippen LogP contribution in [0.2, 0.25) is 0 Å². The van der Waals surface area contributed by atoms with Crippen LogP contribution in [0.4, 0.5) is 13.2 Å². The summed E-state index contributed by atoms with van der Waals surface area (Å²) in [5.74, 6) is -0.0622. The van der Waals surface area contributed by atoms with Gasteiger partial charge in [-0.25, -0.2) is 0 Å². The van der Waals surface area contributed by atoms with Crippen molar-refractivity contribution in [3.63, 3.8) is 0 Å². The van der Waals surface area contributed by atoms with Crippen LogP contribution >= 0.6 is 0 Å². The largest absolute Gasteiger partial charge is 0.416 e. The molecule has 4 nitrogen and oxygen atoms in total. The summed E-state index contributed by atoms with van der Waals surface area (Å²) in [5, 5.41) is 7.34. The molecule has 29 heavy (non-hydrogen) atoms. The Bertz CT molecular complexity index is 1030. The lowest BCUT2D eigenvalue weighted by atomic mass is 9.89. The zero-order valence-electron chi connectivity index (χ0n) is 15.8. The van der Waals surface area contributed by atoms with Gasteiger partial charge in [-0.1, -0.05) is 42.5 Å². The summed E-state index contributed by atoms with van der Waals surface area (Å²) < 4.78 is 39.6. The summed E-state index contributed by atoms with van der Waals surface area (Å²) in [6.07, 6.45) is -3.27. The van der Waals surface area contributed by atoms with Crippen molar-refractivity contribution in [3.05, 3.63) is 77.0 Å². The van der Waals surface area contributed by atoms with Crippen LogP contribution in [-0.2, 0) is 23.8 Å². The lowest BCUT2D eigenvalue weighted by molar-refractivity contribution is -0.137. The summed E-state index contributed by atoms with van der Waals surface area (Å²) in [4.78, 5) is 14.1. The van der Waals surface area contributed by atoms with E-state index < -0.39 is 11.7 Å². The van der Waals surface area contributed by atoms with E-state index in [4.69, 9.17) is 0 Å². The molecule has 3 aromatic rings. The molecule has 4 rings (SSSR count). The number of aromatic nitrogens is 2. The van der Waals surface area contributed by atoms with Crippen LogP contribution in [0.1, 0.15) is 35.3 Å². The molecule has 0 saturated carbocycles. The monoisotopic (exact) mass is 399 g/mol. The molecule has 1 aliphatic heterocycles. The first-order chi connectivity index (χ1) is 13.8. The van der Waals surface area contributed by atoms with Gasteiger partial charge in [0.15, 0.2) is 0 Å². The Morgan fingerprint density at radius 3 is 2.62 bits per heavy atom. The Hall–Kier alpha value is -3.09. The topological polar surface area (TPSA) is 49.0 Å². The van der Waals surface area contributed by atoms with Gasteiger partial charge in [0.25, 0.3) is 0 Å². The number of alkyl halides is 3. The van der Waals surface area contributed by atoms with Crippen molar-refractivity contribution in [2.45, 2.75) is 32.0 Å². The SMILES string of the molecule is CC(=O)N1CCc2[nH]nc(-c3cccc(C(F)(F)F)c3)c2C1Cc1ccccc1. The van der Waals surface area contributed by atoms with E-state index in [0.717, 1.165) is 29.0 Å². The average Bonchev–Trinajstić information content (AvgIpc) is 3.13. The second-order valence-electron chi connectivity index (χ2n) is 7.21. The number of fused-ring (bicyclic) bond motifs is 1. The maximum Gasteiger partial charge on any atom is 0.416 e. The third-order valence-electron chi connectivity index (χ3n) is 5.33. The first-order valence-electron chi connectivity index (χ1n) is 9.40. The Morgan fingerprint density at radius 2 is 1.93 bits per heavy atom. The normalized spacial score (nSPS) is 16.6. The van der Waals surface area contributed by atoms with E-state index in [1.165, 1.54) is 13.0 Å². The van der Waals surface area contributed by atoms with Crippen LogP contribution in [0.5, 0.6) is 0 Å². The molecule has 2 heterocycles. The number of nitrogens with zero attached hydrogens (tertiary/aromatic N) is 2. The fraction of sp³-hybridized carbons (Fsp3) is 0.273. The van der Waals surface area contributed by atoms with Gasteiger partial charge in [-0.2, -0.15) is 18.3 Å². The van der Waals surface area contributed by atoms with Crippen molar-refractivity contribution in [2.24, 2.45) is 0 Å². The first kappa shape index (κ1) is 19.2. The molecule has 0 saturated heterocycles. The standard InChI is InChI=1S/C22H20F3N3O/c1-14(29)28-11-10-18-20(19(28)12-15-6-3-2-4-7-15)21(27-26-18)16-8-5-9-17(13-16)22(23,24)25/h2-9,13,19H,10-12H2,1H3,(H,26,27). The summed E-state index contributed by atoms with van der Waals surface area (Å²) in [5.41, 5.74) is 2.86. The molecule has 1 N–H and O–H groups in total. The van der Waals surface area contributed by atoms with E-state index in [-0.39, 0.29) is 11.9 Å². The van der Waals surface area contributed by atoms with Gasteiger partial charge in [-0.05, 0) is 24.1 Å². The Balaban J connectivity index is 1.81. The van der Waals surface area contributed by atoms with E-state index in [1.807, 2.05) is 30.3 Å². The van der Waals surface area contributed by atoms with E-state index >= 15 is 0 Å². The summed E-state index contributed by atoms with van der Waals surface area (Å²) in [6.45, 7) is 2.07. The van der Waals surface area contributed by atoms with E-state index in [2.05, 4.69) is 10.2 Å². The van der Waals surface area contributed by atoms with Crippen LogP contribution in [0.15, 0.2) is 54.6 Å². The number of rotatable bonds is 3. The third-order valence-corrected chi connectivity index (χ3v) is 5.33. The van der Waals surface area contributed by atoms with Gasteiger partial charge >= 0.3 is 6.18 Å². The van der Waals surface area contributed by atoms with Crippen molar-refractivity contribution in [3.8, 4) is 11.3 Å². The van der Waals surface area contributed by atoms with Crippen molar-refractivity contribution >= 4 is 5.91 Å². The molecule has 0 radical (unpaired) electrons. The molecule has 2 aromatic carbocycles. The van der Waals surface area contributed by atoms with Gasteiger partial charge in [-0.3, -0.25) is 9.89 Å². The number of hydrogen-bond acceptors (Lipinski definition) is 2. The lowest BCUT2D eigenvalue weighted by Crippen LogP contribution is -2.39. The van der Waals surface area contributed by atoms with Gasteiger partial charge in [0.2, 0.25) is 5.91 Å². The fourth-order valence-corrected chi connectivity index (χ4v) is 3.97. The van der Waals surface area contributed by atoms with E-state index in [1.54, 1.807) is 11.0 Å². The van der Waals surface area contributed by atoms with Gasteiger partial charge in [0.1, 0.15) is 0 Å². The molecule has 1 aliphatic rings. The van der Waals surface area contributed by atoms with Crippen LogP contribution in [0.25, 0.3) is 11.3 Å². The molecule has 0 bridgehead atoms. The van der Waals surface area contributed by atoms with Gasteiger partial charge < -0.3 is 4.90 Å². The average molecular weight is 399 g/mol. The summed E-state index contributed by atoms with van der Waals surface area (Å²) >= 11 is 0. The zero-order valence-corrected chi connectivity index (χ0v) is 15.8. The second-order valence-corrected chi connectivity index (χ2v) is 7.21. The molecular weight excluding hydrogens is 379 g/mol. The molecule has 0 aliphatic carbocycles. The van der Waals surface area contributed by atoms with Crippen LogP contribution in [0.3, 0.4) is 0 Å². The highest BCUT2D eigenvalue weighted by Gasteiger charge is 2.35. The smallest absolute Gasteiger partial charge is 0.335 e. The fourth-order valence-electron chi connectivity index (χ4n) is 3.97. The summed E-state index contributed by atoms with van der Waals surface area (Å²) in [7, 11) is 0. The number of aromatic amines is 1. The molecule has 1 unspecified atom stereocenters. The molecule has 7 heteroatoms. The minimum absolute atomic E-state index is 0.0622. The Kier molecular flexibility index (Phi) is 4.90. The van der Waals surface area contributed by atoms with E-state index in [0.29, 0.717) is 30.6 Å². The lowest BCUT2D eigenvalue weighted by Gasteiger charge is -2.35.